The van der Waals surface area contributed by atoms with Crippen molar-refractivity contribution in [2.75, 3.05) is 15.4 Å². The zero-order valence-corrected chi connectivity index (χ0v) is 16.9. The first-order chi connectivity index (χ1) is 14.1. The van der Waals surface area contributed by atoms with Crippen LogP contribution in [0.1, 0.15) is 5.56 Å². The van der Waals surface area contributed by atoms with Gasteiger partial charge in [-0.3, -0.25) is 4.72 Å². The first-order valence-electron chi connectivity index (χ1n) is 8.57. The summed E-state index contributed by atoms with van der Waals surface area (Å²) in [7, 11) is -3.78. The molecule has 0 aromatic heterocycles. The van der Waals surface area contributed by atoms with Gasteiger partial charge < -0.3 is 10.6 Å². The lowest BCUT2D eigenvalue weighted by atomic mass is 10.1. The highest BCUT2D eigenvalue weighted by Crippen LogP contribution is 2.34. The highest BCUT2D eigenvalue weighted by Gasteiger charge is 2.33. The Morgan fingerprint density at radius 1 is 0.767 bits per heavy atom. The topological polar surface area (TPSA) is 70.2 Å². The second-order valence-electron chi connectivity index (χ2n) is 6.12. The maximum Gasteiger partial charge on any atom is 0.418 e. The third-order valence-electron chi connectivity index (χ3n) is 3.93. The molecule has 3 rings (SSSR count). The van der Waals surface area contributed by atoms with E-state index in [9.17, 15) is 21.6 Å². The minimum absolute atomic E-state index is 0.0261. The van der Waals surface area contributed by atoms with Crippen molar-refractivity contribution < 1.29 is 21.6 Å². The molecule has 3 N–H and O–H groups in total. The molecule has 0 aliphatic rings. The van der Waals surface area contributed by atoms with E-state index in [2.05, 4.69) is 15.4 Å². The van der Waals surface area contributed by atoms with Gasteiger partial charge in [0.1, 0.15) is 0 Å². The number of para-hydroxylation sites is 2. The second kappa shape index (κ2) is 8.72. The Hall–Kier alpha value is -3.11. The van der Waals surface area contributed by atoms with E-state index in [0.717, 1.165) is 6.07 Å². The van der Waals surface area contributed by atoms with Gasteiger partial charge in [0.2, 0.25) is 0 Å². The van der Waals surface area contributed by atoms with Crippen molar-refractivity contribution in [2.24, 2.45) is 0 Å². The van der Waals surface area contributed by atoms with Crippen LogP contribution < -0.4 is 15.4 Å². The van der Waals surface area contributed by atoms with Gasteiger partial charge in [-0.2, -0.15) is 13.2 Å². The first-order valence-corrected chi connectivity index (χ1v) is 10.5. The summed E-state index contributed by atoms with van der Waals surface area (Å²) in [5, 5.41) is 5.18. The molecule has 3 aromatic rings. The molecular weight excluding hydrogens is 435 g/mol. The van der Waals surface area contributed by atoms with Gasteiger partial charge in [0.25, 0.3) is 10.0 Å². The second-order valence-corrected chi connectivity index (χ2v) is 8.21. The molecule has 0 fully saturated rings. The summed E-state index contributed by atoms with van der Waals surface area (Å²) in [6.45, 7) is 0. The van der Waals surface area contributed by atoms with Crippen LogP contribution in [0.15, 0.2) is 83.8 Å². The van der Waals surface area contributed by atoms with E-state index < -0.39 is 21.8 Å². The van der Waals surface area contributed by atoms with Crippen molar-refractivity contribution >= 4 is 44.4 Å². The maximum atomic E-state index is 13.1. The zero-order chi connectivity index (χ0) is 21.8. The minimum atomic E-state index is -4.53. The van der Waals surface area contributed by atoms with Gasteiger partial charge in [-0.25, -0.2) is 8.42 Å². The third kappa shape index (κ3) is 5.49. The molecule has 0 aliphatic carbocycles. The van der Waals surface area contributed by atoms with Crippen molar-refractivity contribution in [3.8, 4) is 0 Å². The average molecular weight is 451 g/mol. The van der Waals surface area contributed by atoms with Crippen molar-refractivity contribution in [1.29, 1.82) is 0 Å². The molecule has 0 bridgehead atoms. The molecule has 156 valence electrons. The normalized spacial score (nSPS) is 11.6. The monoisotopic (exact) mass is 451 g/mol. The molecule has 0 saturated heterocycles. The van der Waals surface area contributed by atoms with Crippen LogP contribution in [0.3, 0.4) is 0 Å². The van der Waals surface area contributed by atoms with Gasteiger partial charge in [0.05, 0.1) is 16.1 Å². The molecule has 0 heterocycles. The van der Waals surface area contributed by atoms with E-state index in [1.54, 1.807) is 30.3 Å². The quantitative estimate of drug-likeness (QED) is 0.459. The third-order valence-corrected chi connectivity index (χ3v) is 5.53. The number of hydrogen-bond acceptors (Lipinski definition) is 3. The summed E-state index contributed by atoms with van der Waals surface area (Å²) < 4.78 is 66.5. The minimum Gasteiger partial charge on any atom is -0.332 e. The number of anilines is 3. The Bertz CT molecular complexity index is 1130. The number of hydrogen-bond donors (Lipinski definition) is 3. The summed E-state index contributed by atoms with van der Waals surface area (Å²) in [6.07, 6.45) is -4.53. The standard InChI is InChI=1S/C20H16F3N3O2S2/c21-20(22,23)17-8-4-5-9-18(17)25-19(29)24-14-10-12-16(13-11-14)30(27,28)26-15-6-2-1-3-7-15/h1-13,26H,(H2,24,25,29). The molecule has 0 spiro atoms. The molecule has 30 heavy (non-hydrogen) atoms. The first kappa shape index (κ1) is 21.6. The lowest BCUT2D eigenvalue weighted by molar-refractivity contribution is -0.136. The fraction of sp³-hybridized carbons (Fsp3) is 0.0500. The summed E-state index contributed by atoms with van der Waals surface area (Å²) in [5.74, 6) is 0. The Morgan fingerprint density at radius 2 is 1.37 bits per heavy atom. The largest absolute Gasteiger partial charge is 0.418 e. The van der Waals surface area contributed by atoms with E-state index >= 15 is 0 Å². The smallest absolute Gasteiger partial charge is 0.332 e. The Labute approximate surface area is 177 Å². The highest BCUT2D eigenvalue weighted by molar-refractivity contribution is 7.92. The van der Waals surface area contributed by atoms with Gasteiger partial charge in [0.15, 0.2) is 5.11 Å². The summed E-state index contributed by atoms with van der Waals surface area (Å²) in [5.41, 5.74) is -0.194. The van der Waals surface area contributed by atoms with Crippen molar-refractivity contribution in [2.45, 2.75) is 11.1 Å². The average Bonchev–Trinajstić information content (AvgIpc) is 2.68. The van der Waals surface area contributed by atoms with Crippen molar-refractivity contribution in [3.63, 3.8) is 0 Å². The fourth-order valence-electron chi connectivity index (χ4n) is 2.56. The lowest BCUT2D eigenvalue weighted by Gasteiger charge is -2.16. The molecule has 0 radical (unpaired) electrons. The number of halogens is 3. The molecule has 0 aliphatic heterocycles. The molecule has 0 atom stereocenters. The number of rotatable bonds is 5. The molecule has 0 amide bonds. The van der Waals surface area contributed by atoms with Gasteiger partial charge in [-0.1, -0.05) is 30.3 Å². The predicted molar refractivity (Wildman–Crippen MR) is 115 cm³/mol. The highest BCUT2D eigenvalue weighted by atomic mass is 32.2. The predicted octanol–water partition coefficient (Wildman–Crippen LogP) is 5.32. The number of sulfonamides is 1. The van der Waals surface area contributed by atoms with Gasteiger partial charge in [-0.15, -0.1) is 0 Å². The van der Waals surface area contributed by atoms with Gasteiger partial charge in [0, 0.05) is 11.4 Å². The SMILES string of the molecule is O=S(=O)(Nc1ccccc1)c1ccc(NC(=S)Nc2ccccc2C(F)(F)F)cc1. The Balaban J connectivity index is 1.68. The Morgan fingerprint density at radius 3 is 2.00 bits per heavy atom. The van der Waals surface area contributed by atoms with Crippen LogP contribution in [0, 0.1) is 0 Å². The van der Waals surface area contributed by atoms with Crippen LogP contribution in [0.25, 0.3) is 0 Å². The van der Waals surface area contributed by atoms with Crippen molar-refractivity contribution in [1.82, 2.24) is 0 Å². The summed E-state index contributed by atoms with van der Waals surface area (Å²) >= 11 is 5.07. The van der Waals surface area contributed by atoms with Crippen LogP contribution in [-0.4, -0.2) is 13.5 Å². The number of nitrogens with one attached hydrogen (secondary N) is 3. The van der Waals surface area contributed by atoms with E-state index in [-0.39, 0.29) is 15.7 Å². The van der Waals surface area contributed by atoms with E-state index in [4.69, 9.17) is 12.2 Å². The zero-order valence-electron chi connectivity index (χ0n) is 15.3. The van der Waals surface area contributed by atoms with E-state index in [0.29, 0.717) is 11.4 Å². The summed E-state index contributed by atoms with van der Waals surface area (Å²) in [4.78, 5) is 0.0261. The lowest BCUT2D eigenvalue weighted by Crippen LogP contribution is -2.21. The summed E-state index contributed by atoms with van der Waals surface area (Å²) in [6, 6.07) is 19.0. The Kier molecular flexibility index (Phi) is 6.28. The molecule has 5 nitrogen and oxygen atoms in total. The van der Waals surface area contributed by atoms with Crippen LogP contribution >= 0.6 is 12.2 Å². The maximum absolute atomic E-state index is 13.1. The number of thiocarbonyl (C=S) groups is 1. The van der Waals surface area contributed by atoms with Crippen molar-refractivity contribution in [3.05, 3.63) is 84.4 Å². The molecular formula is C20H16F3N3O2S2. The van der Waals surface area contributed by atoms with Crippen LogP contribution in [-0.2, 0) is 16.2 Å². The van der Waals surface area contributed by atoms with Crippen LogP contribution in [0.5, 0.6) is 0 Å². The van der Waals surface area contributed by atoms with Gasteiger partial charge >= 0.3 is 6.18 Å². The molecule has 0 saturated carbocycles. The molecule has 3 aromatic carbocycles. The van der Waals surface area contributed by atoms with Crippen LogP contribution in [0.4, 0.5) is 30.2 Å². The molecule has 10 heteroatoms. The molecule has 0 unspecified atom stereocenters. The number of alkyl halides is 3. The van der Waals surface area contributed by atoms with Crippen LogP contribution in [0.2, 0.25) is 0 Å². The fourth-order valence-corrected chi connectivity index (χ4v) is 3.85. The van der Waals surface area contributed by atoms with Gasteiger partial charge in [-0.05, 0) is 60.7 Å². The van der Waals surface area contributed by atoms with E-state index in [1.165, 1.54) is 42.5 Å². The number of benzene rings is 3. The van der Waals surface area contributed by atoms with E-state index in [1.807, 2.05) is 0 Å².